The van der Waals surface area contributed by atoms with E-state index in [1.807, 2.05) is 18.3 Å². The van der Waals surface area contributed by atoms with E-state index < -0.39 is 17.9 Å². The Balaban J connectivity index is 1.15. The van der Waals surface area contributed by atoms with Crippen molar-refractivity contribution in [3.8, 4) is 11.5 Å². The van der Waals surface area contributed by atoms with Crippen molar-refractivity contribution in [1.82, 2.24) is 20.3 Å². The van der Waals surface area contributed by atoms with Gasteiger partial charge in [0, 0.05) is 29.9 Å². The molecule has 2 aromatic heterocycles. The first-order chi connectivity index (χ1) is 19.8. The lowest BCUT2D eigenvalue weighted by Crippen LogP contribution is -2.42. The number of aryl methyl sites for hydroxylation is 2. The van der Waals surface area contributed by atoms with Crippen LogP contribution >= 0.6 is 0 Å². The summed E-state index contributed by atoms with van der Waals surface area (Å²) in [5.74, 6) is 0.138. The van der Waals surface area contributed by atoms with Gasteiger partial charge in [-0.1, -0.05) is 12.1 Å². The fourth-order valence-corrected chi connectivity index (χ4v) is 4.55. The number of nitrogens with two attached hydrogens (primary N) is 2. The molecular weight excluding hydrogens is 530 g/mol. The van der Waals surface area contributed by atoms with Crippen molar-refractivity contribution in [2.75, 3.05) is 30.7 Å². The largest absolute Gasteiger partial charge is 0.467 e. The molecule has 41 heavy (non-hydrogen) atoms. The zero-order valence-electron chi connectivity index (χ0n) is 22.2. The molecule has 1 aliphatic heterocycles. The molecule has 7 N–H and O–H groups in total. The van der Waals surface area contributed by atoms with E-state index in [2.05, 4.69) is 25.6 Å². The van der Waals surface area contributed by atoms with Crippen molar-refractivity contribution in [3.63, 3.8) is 0 Å². The zero-order chi connectivity index (χ0) is 28.9. The van der Waals surface area contributed by atoms with Crippen LogP contribution in [-0.4, -0.2) is 52.7 Å². The molecule has 1 aliphatic rings. The molecule has 1 atom stereocenters. The Labute approximate surface area is 234 Å². The Morgan fingerprint density at radius 1 is 1.05 bits per heavy atom. The molecule has 0 bridgehead atoms. The number of carbonyl (C=O) groups excluding carboxylic acids is 3. The number of carbonyl (C=O) groups is 3. The second kappa shape index (κ2) is 11.8. The lowest BCUT2D eigenvalue weighted by Gasteiger charge is -2.16. The van der Waals surface area contributed by atoms with E-state index in [0.29, 0.717) is 47.1 Å². The average molecular weight is 560 g/mol. The Morgan fingerprint density at radius 2 is 1.83 bits per heavy atom. The Kier molecular flexibility index (Phi) is 7.85. The van der Waals surface area contributed by atoms with Gasteiger partial charge in [-0.3, -0.25) is 9.59 Å². The molecule has 212 valence electrons. The summed E-state index contributed by atoms with van der Waals surface area (Å²) in [6.45, 7) is 0.128. The Hall–Kier alpha value is -5.33. The molecule has 5 rings (SSSR count). The van der Waals surface area contributed by atoms with E-state index in [-0.39, 0.29) is 31.5 Å². The number of anilines is 3. The van der Waals surface area contributed by atoms with E-state index in [0.717, 1.165) is 16.5 Å². The van der Waals surface area contributed by atoms with Crippen molar-refractivity contribution in [3.05, 3.63) is 65.4 Å². The van der Waals surface area contributed by atoms with Crippen LogP contribution in [0.1, 0.15) is 34.3 Å². The molecule has 0 saturated carbocycles. The standard InChI is InChI=1S/C28H29N7O6/c1-39-27(38)19(9-11-22(36)32-18-8-10-20-21(12-18)41-14-40-20)33-26(37)16-5-2-15(3-6-16)4-7-17-13-31-25-23(17)24(29)34-28(30)35-25/h2-3,5-6,8,10,12-13,19H,4,7,9,11,14H2,1H3,(H,32,36)(H,33,37)(H5,29,30,31,34,35)/t19-/m0/s1. The highest BCUT2D eigenvalue weighted by Gasteiger charge is 2.23. The smallest absolute Gasteiger partial charge is 0.328 e. The first-order valence-corrected chi connectivity index (χ1v) is 12.9. The summed E-state index contributed by atoms with van der Waals surface area (Å²) in [4.78, 5) is 49.0. The molecule has 13 heteroatoms. The lowest BCUT2D eigenvalue weighted by molar-refractivity contribution is -0.143. The number of methoxy groups -OCH3 is 1. The number of esters is 1. The molecule has 0 spiro atoms. The molecule has 0 saturated heterocycles. The fraction of sp³-hybridized carbons (Fsp3) is 0.250. The van der Waals surface area contributed by atoms with Crippen molar-refractivity contribution < 1.29 is 28.6 Å². The number of fused-ring (bicyclic) bond motifs is 2. The minimum Gasteiger partial charge on any atom is -0.467 e. The van der Waals surface area contributed by atoms with Gasteiger partial charge in [0.1, 0.15) is 17.5 Å². The van der Waals surface area contributed by atoms with E-state index >= 15 is 0 Å². The van der Waals surface area contributed by atoms with Crippen LogP contribution in [0.15, 0.2) is 48.7 Å². The third-order valence-electron chi connectivity index (χ3n) is 6.67. The predicted octanol–water partition coefficient (Wildman–Crippen LogP) is 2.33. The van der Waals surface area contributed by atoms with Crippen LogP contribution in [0.3, 0.4) is 0 Å². The summed E-state index contributed by atoms with van der Waals surface area (Å²) in [5.41, 5.74) is 15.1. The number of aromatic nitrogens is 3. The highest BCUT2D eigenvalue weighted by molar-refractivity contribution is 5.97. The van der Waals surface area contributed by atoms with Crippen LogP contribution < -0.4 is 31.6 Å². The average Bonchev–Trinajstić information content (AvgIpc) is 3.60. The molecule has 4 aromatic rings. The molecule has 2 aromatic carbocycles. The summed E-state index contributed by atoms with van der Waals surface area (Å²) < 4.78 is 15.4. The molecule has 2 amide bonds. The number of rotatable bonds is 10. The number of aromatic amines is 1. The highest BCUT2D eigenvalue weighted by atomic mass is 16.7. The van der Waals surface area contributed by atoms with Crippen molar-refractivity contribution in [2.24, 2.45) is 0 Å². The first kappa shape index (κ1) is 27.2. The van der Waals surface area contributed by atoms with Gasteiger partial charge in [0.05, 0.1) is 12.5 Å². The SMILES string of the molecule is COC(=O)[C@H](CCC(=O)Nc1ccc2c(c1)OCO2)NC(=O)c1ccc(CCc2c[nH]c3nc(N)nc(N)c23)cc1. The number of nitrogen functional groups attached to an aromatic ring is 2. The molecular formula is C28H29N7O6. The fourth-order valence-electron chi connectivity index (χ4n) is 4.55. The Bertz CT molecular complexity index is 1600. The second-order valence-electron chi connectivity index (χ2n) is 9.41. The highest BCUT2D eigenvalue weighted by Crippen LogP contribution is 2.34. The Morgan fingerprint density at radius 3 is 2.61 bits per heavy atom. The van der Waals surface area contributed by atoms with Crippen LogP contribution in [-0.2, 0) is 27.2 Å². The maximum absolute atomic E-state index is 12.9. The third-order valence-corrected chi connectivity index (χ3v) is 6.67. The van der Waals surface area contributed by atoms with E-state index in [1.165, 1.54) is 7.11 Å². The summed E-state index contributed by atoms with van der Waals surface area (Å²) >= 11 is 0. The zero-order valence-corrected chi connectivity index (χ0v) is 22.2. The molecule has 0 unspecified atom stereocenters. The van der Waals surface area contributed by atoms with Gasteiger partial charge in [0.25, 0.3) is 5.91 Å². The van der Waals surface area contributed by atoms with Gasteiger partial charge in [-0.25, -0.2) is 4.79 Å². The number of H-pyrrole nitrogens is 1. The maximum Gasteiger partial charge on any atom is 0.328 e. The van der Waals surface area contributed by atoms with Crippen LogP contribution in [0.5, 0.6) is 11.5 Å². The number of hydrogen-bond acceptors (Lipinski definition) is 10. The molecule has 3 heterocycles. The molecule has 0 aliphatic carbocycles. The number of hydrogen-bond donors (Lipinski definition) is 5. The van der Waals surface area contributed by atoms with Gasteiger partial charge in [0.2, 0.25) is 18.6 Å². The minimum atomic E-state index is -1.00. The molecule has 0 radical (unpaired) electrons. The quantitative estimate of drug-likeness (QED) is 0.180. The van der Waals surface area contributed by atoms with Gasteiger partial charge in [-0.05, 0) is 54.7 Å². The lowest BCUT2D eigenvalue weighted by atomic mass is 10.0. The van der Waals surface area contributed by atoms with E-state index in [9.17, 15) is 14.4 Å². The van der Waals surface area contributed by atoms with Crippen molar-refractivity contribution in [2.45, 2.75) is 31.7 Å². The third kappa shape index (κ3) is 6.30. The number of benzene rings is 2. The van der Waals surface area contributed by atoms with E-state index in [4.69, 9.17) is 25.7 Å². The summed E-state index contributed by atoms with van der Waals surface area (Å²) in [6.07, 6.45) is 3.21. The second-order valence-corrected chi connectivity index (χ2v) is 9.41. The monoisotopic (exact) mass is 559 g/mol. The maximum atomic E-state index is 12.9. The normalized spacial score (nSPS) is 12.6. The van der Waals surface area contributed by atoms with Crippen molar-refractivity contribution in [1.29, 1.82) is 0 Å². The number of amides is 2. The number of nitrogens with zero attached hydrogens (tertiary/aromatic N) is 2. The number of nitrogens with one attached hydrogen (secondary N) is 3. The van der Waals surface area contributed by atoms with Crippen LogP contribution in [0.25, 0.3) is 11.0 Å². The molecule has 0 fully saturated rings. The van der Waals surface area contributed by atoms with Gasteiger partial charge in [0.15, 0.2) is 11.5 Å². The van der Waals surface area contributed by atoms with Crippen LogP contribution in [0.4, 0.5) is 17.5 Å². The molecule has 13 nitrogen and oxygen atoms in total. The van der Waals surface area contributed by atoms with Gasteiger partial charge in [-0.2, -0.15) is 9.97 Å². The number of ether oxygens (including phenoxy) is 3. The van der Waals surface area contributed by atoms with Crippen molar-refractivity contribution >= 4 is 46.3 Å². The topological polar surface area (TPSA) is 197 Å². The predicted molar refractivity (Wildman–Crippen MR) is 150 cm³/mol. The summed E-state index contributed by atoms with van der Waals surface area (Å²) in [7, 11) is 1.23. The van der Waals surface area contributed by atoms with Gasteiger partial charge in [-0.15, -0.1) is 0 Å². The minimum absolute atomic E-state index is 0.0244. The van der Waals surface area contributed by atoms with E-state index in [1.54, 1.807) is 30.3 Å². The van der Waals surface area contributed by atoms with Crippen LogP contribution in [0.2, 0.25) is 0 Å². The summed E-state index contributed by atoms with van der Waals surface area (Å²) in [6, 6.07) is 11.1. The van der Waals surface area contributed by atoms with Crippen LogP contribution in [0, 0.1) is 0 Å². The first-order valence-electron chi connectivity index (χ1n) is 12.9. The summed E-state index contributed by atoms with van der Waals surface area (Å²) in [5, 5.41) is 6.17. The van der Waals surface area contributed by atoms with Gasteiger partial charge < -0.3 is 41.3 Å². The van der Waals surface area contributed by atoms with Gasteiger partial charge >= 0.3 is 5.97 Å².